The molecule has 0 spiro atoms. The number of carbonyl (C=O) groups is 1. The summed E-state index contributed by atoms with van der Waals surface area (Å²) in [5.74, 6) is 0.816. The molecule has 1 fully saturated rings. The third-order valence-corrected chi connectivity index (χ3v) is 6.61. The maximum Gasteiger partial charge on any atom is 0.254 e. The predicted octanol–water partition coefficient (Wildman–Crippen LogP) is 3.59. The zero-order chi connectivity index (χ0) is 20.3. The van der Waals surface area contributed by atoms with Gasteiger partial charge in [0.15, 0.2) is 0 Å². The second kappa shape index (κ2) is 8.45. The topological polar surface area (TPSA) is 66.5 Å². The van der Waals surface area contributed by atoms with E-state index in [1.165, 1.54) is 6.07 Å². The average molecular weight is 401 g/mol. The number of benzene rings is 2. The van der Waals surface area contributed by atoms with Gasteiger partial charge in [-0.1, -0.05) is 50.2 Å². The Morgan fingerprint density at radius 2 is 1.71 bits per heavy atom. The lowest BCUT2D eigenvalue weighted by Crippen LogP contribution is -2.42. The SMILES string of the molecule is Cc1ccc(S(=O)(=O)NCc2ccccc2)cc1C(=O)N1C[C@@H](C)C[C@H](C)C1. The number of hydrogen-bond acceptors (Lipinski definition) is 3. The Bertz CT molecular complexity index is 932. The number of sulfonamides is 1. The number of carbonyl (C=O) groups excluding carboxylic acids is 1. The smallest absolute Gasteiger partial charge is 0.254 e. The second-order valence-corrected chi connectivity index (χ2v) is 9.71. The van der Waals surface area contributed by atoms with Crippen LogP contribution in [0.2, 0.25) is 0 Å². The van der Waals surface area contributed by atoms with Crippen molar-refractivity contribution in [2.75, 3.05) is 13.1 Å². The molecule has 3 rings (SSSR count). The molecule has 1 heterocycles. The van der Waals surface area contributed by atoms with Gasteiger partial charge in [0.2, 0.25) is 10.0 Å². The van der Waals surface area contributed by atoms with Crippen LogP contribution < -0.4 is 4.72 Å². The van der Waals surface area contributed by atoms with Crippen LogP contribution >= 0.6 is 0 Å². The van der Waals surface area contributed by atoms with Crippen LogP contribution in [-0.2, 0) is 16.6 Å². The Labute approximate surface area is 167 Å². The molecule has 0 aromatic heterocycles. The highest BCUT2D eigenvalue weighted by Gasteiger charge is 2.27. The molecule has 0 unspecified atom stereocenters. The molecule has 1 aliphatic rings. The van der Waals surface area contributed by atoms with Gasteiger partial charge in [0.25, 0.3) is 5.91 Å². The Morgan fingerprint density at radius 1 is 1.07 bits per heavy atom. The van der Waals surface area contributed by atoms with E-state index in [9.17, 15) is 13.2 Å². The van der Waals surface area contributed by atoms with Crippen molar-refractivity contribution in [3.8, 4) is 0 Å². The molecule has 1 aliphatic heterocycles. The third kappa shape index (κ3) is 4.80. The first kappa shape index (κ1) is 20.6. The Balaban J connectivity index is 1.81. The summed E-state index contributed by atoms with van der Waals surface area (Å²) in [5, 5.41) is 0. The van der Waals surface area contributed by atoms with Crippen LogP contribution in [0.15, 0.2) is 53.4 Å². The average Bonchev–Trinajstić information content (AvgIpc) is 2.66. The van der Waals surface area contributed by atoms with Gasteiger partial charge in [-0.3, -0.25) is 4.79 Å². The molecular formula is C22H28N2O3S. The minimum atomic E-state index is -3.70. The van der Waals surface area contributed by atoms with Crippen molar-refractivity contribution in [2.45, 2.75) is 38.6 Å². The number of aryl methyl sites for hydroxylation is 1. The van der Waals surface area contributed by atoms with Gasteiger partial charge in [-0.2, -0.15) is 0 Å². The maximum atomic E-state index is 13.1. The minimum absolute atomic E-state index is 0.0870. The van der Waals surface area contributed by atoms with Crippen LogP contribution in [0, 0.1) is 18.8 Å². The van der Waals surface area contributed by atoms with E-state index in [1.807, 2.05) is 42.2 Å². The summed E-state index contributed by atoms with van der Waals surface area (Å²) in [6, 6.07) is 14.1. The van der Waals surface area contributed by atoms with Crippen LogP contribution in [0.1, 0.15) is 41.8 Å². The quantitative estimate of drug-likeness (QED) is 0.834. The largest absolute Gasteiger partial charge is 0.338 e. The molecular weight excluding hydrogens is 372 g/mol. The maximum absolute atomic E-state index is 13.1. The lowest BCUT2D eigenvalue weighted by atomic mass is 9.91. The third-order valence-electron chi connectivity index (χ3n) is 5.21. The van der Waals surface area contributed by atoms with E-state index in [-0.39, 0.29) is 17.3 Å². The van der Waals surface area contributed by atoms with Crippen molar-refractivity contribution in [1.82, 2.24) is 9.62 Å². The van der Waals surface area contributed by atoms with E-state index >= 15 is 0 Å². The van der Waals surface area contributed by atoms with E-state index < -0.39 is 10.0 Å². The molecule has 0 aliphatic carbocycles. The summed E-state index contributed by atoms with van der Waals surface area (Å²) in [7, 11) is -3.70. The molecule has 150 valence electrons. The molecule has 2 aromatic rings. The lowest BCUT2D eigenvalue weighted by molar-refractivity contribution is 0.0622. The van der Waals surface area contributed by atoms with Gasteiger partial charge >= 0.3 is 0 Å². The number of rotatable bonds is 5. The number of likely N-dealkylation sites (tertiary alicyclic amines) is 1. The fraction of sp³-hybridized carbons (Fsp3) is 0.409. The number of hydrogen-bond donors (Lipinski definition) is 1. The Morgan fingerprint density at radius 3 is 2.36 bits per heavy atom. The monoisotopic (exact) mass is 400 g/mol. The van der Waals surface area contributed by atoms with Crippen molar-refractivity contribution in [2.24, 2.45) is 11.8 Å². The summed E-state index contributed by atoms with van der Waals surface area (Å²) < 4.78 is 28.1. The Hall–Kier alpha value is -2.18. The fourth-order valence-corrected chi connectivity index (χ4v) is 4.90. The number of nitrogens with one attached hydrogen (secondary N) is 1. The molecule has 2 aromatic carbocycles. The van der Waals surface area contributed by atoms with E-state index in [0.29, 0.717) is 30.5 Å². The van der Waals surface area contributed by atoms with E-state index in [0.717, 1.165) is 17.5 Å². The van der Waals surface area contributed by atoms with Crippen LogP contribution in [0.3, 0.4) is 0 Å². The zero-order valence-corrected chi connectivity index (χ0v) is 17.5. The minimum Gasteiger partial charge on any atom is -0.338 e. The van der Waals surface area contributed by atoms with Gasteiger partial charge < -0.3 is 4.90 Å². The first-order chi connectivity index (χ1) is 13.3. The fourth-order valence-electron chi connectivity index (χ4n) is 3.86. The van der Waals surface area contributed by atoms with Gasteiger partial charge in [0.1, 0.15) is 0 Å². The van der Waals surface area contributed by atoms with E-state index in [1.54, 1.807) is 12.1 Å². The highest BCUT2D eigenvalue weighted by atomic mass is 32.2. The summed E-state index contributed by atoms with van der Waals surface area (Å²) in [5.41, 5.74) is 2.13. The van der Waals surface area contributed by atoms with Gasteiger partial charge in [-0.15, -0.1) is 0 Å². The molecule has 28 heavy (non-hydrogen) atoms. The molecule has 1 saturated heterocycles. The summed E-state index contributed by atoms with van der Waals surface area (Å²) >= 11 is 0. The van der Waals surface area contributed by atoms with Crippen LogP contribution in [0.4, 0.5) is 0 Å². The number of piperidine rings is 1. The van der Waals surface area contributed by atoms with Crippen molar-refractivity contribution in [3.63, 3.8) is 0 Å². The summed E-state index contributed by atoms with van der Waals surface area (Å²) in [4.78, 5) is 15.1. The van der Waals surface area contributed by atoms with E-state index in [2.05, 4.69) is 18.6 Å². The van der Waals surface area contributed by atoms with Gasteiger partial charge in [0, 0.05) is 25.2 Å². The van der Waals surface area contributed by atoms with Crippen molar-refractivity contribution in [3.05, 3.63) is 65.2 Å². The van der Waals surface area contributed by atoms with Crippen LogP contribution in [0.25, 0.3) is 0 Å². The molecule has 1 N–H and O–H groups in total. The van der Waals surface area contributed by atoms with Crippen molar-refractivity contribution < 1.29 is 13.2 Å². The lowest BCUT2D eigenvalue weighted by Gasteiger charge is -2.35. The van der Waals surface area contributed by atoms with Crippen molar-refractivity contribution in [1.29, 1.82) is 0 Å². The molecule has 1 amide bonds. The number of amides is 1. The molecule has 0 bridgehead atoms. The standard InChI is InChI=1S/C22H28N2O3S/c1-16-11-17(2)15-24(14-16)22(25)21-12-20(10-9-18(21)3)28(26,27)23-13-19-7-5-4-6-8-19/h4-10,12,16-17,23H,11,13-15H2,1-3H3/t16-,17-/m0/s1. The molecule has 0 saturated carbocycles. The second-order valence-electron chi connectivity index (χ2n) is 7.94. The van der Waals surface area contributed by atoms with Crippen molar-refractivity contribution >= 4 is 15.9 Å². The normalized spacial score (nSPS) is 20.2. The first-order valence-electron chi connectivity index (χ1n) is 9.70. The van der Waals surface area contributed by atoms with Crippen LogP contribution in [0.5, 0.6) is 0 Å². The zero-order valence-electron chi connectivity index (χ0n) is 16.7. The highest BCUT2D eigenvalue weighted by molar-refractivity contribution is 7.89. The number of nitrogens with zero attached hydrogens (tertiary/aromatic N) is 1. The first-order valence-corrected chi connectivity index (χ1v) is 11.2. The van der Waals surface area contributed by atoms with Gasteiger partial charge in [-0.05, 0) is 48.4 Å². The van der Waals surface area contributed by atoms with Crippen LogP contribution in [-0.4, -0.2) is 32.3 Å². The highest BCUT2D eigenvalue weighted by Crippen LogP contribution is 2.24. The van der Waals surface area contributed by atoms with Gasteiger partial charge in [-0.25, -0.2) is 13.1 Å². The van der Waals surface area contributed by atoms with Gasteiger partial charge in [0.05, 0.1) is 4.90 Å². The molecule has 6 heteroatoms. The predicted molar refractivity (Wildman–Crippen MR) is 110 cm³/mol. The molecule has 2 atom stereocenters. The molecule has 0 radical (unpaired) electrons. The summed E-state index contributed by atoms with van der Waals surface area (Å²) in [6.07, 6.45) is 1.11. The molecule has 5 nitrogen and oxygen atoms in total. The Kier molecular flexibility index (Phi) is 6.20. The summed E-state index contributed by atoms with van der Waals surface area (Å²) in [6.45, 7) is 7.78. The van der Waals surface area contributed by atoms with E-state index in [4.69, 9.17) is 0 Å².